The van der Waals surface area contributed by atoms with Crippen LogP contribution in [0.2, 0.25) is 0 Å². The summed E-state index contributed by atoms with van der Waals surface area (Å²) in [5.74, 6) is 2.65. The van der Waals surface area contributed by atoms with Gasteiger partial charge in [0.25, 0.3) is 0 Å². The zero-order valence-corrected chi connectivity index (χ0v) is 8.22. The molecule has 0 radical (unpaired) electrons. The van der Waals surface area contributed by atoms with Crippen LogP contribution in [-0.2, 0) is 6.42 Å². The molecular weight excluding hydrogens is 184 g/mol. The Labute approximate surface area is 83.3 Å². The minimum Gasteiger partial charge on any atom is -0.454 e. The molecule has 0 unspecified atom stereocenters. The molecule has 1 aliphatic rings. The largest absolute Gasteiger partial charge is 0.454 e. The summed E-state index contributed by atoms with van der Waals surface area (Å²) in [7, 11) is 0. The second-order valence-corrected chi connectivity index (χ2v) is 3.46. The monoisotopic (exact) mass is 196 g/mol. The Kier molecular flexibility index (Phi) is 2.64. The first-order valence-electron chi connectivity index (χ1n) is 4.39. The number of ether oxygens (including phenoxy) is 2. The maximum atomic E-state index is 5.28. The van der Waals surface area contributed by atoms with Crippen LogP contribution in [0.3, 0.4) is 0 Å². The van der Waals surface area contributed by atoms with Crippen LogP contribution in [0, 0.1) is 0 Å². The van der Waals surface area contributed by atoms with Crippen molar-refractivity contribution in [1.29, 1.82) is 0 Å². The van der Waals surface area contributed by atoms with Crippen molar-refractivity contribution in [3.63, 3.8) is 0 Å². The van der Waals surface area contributed by atoms with Crippen molar-refractivity contribution in [2.24, 2.45) is 0 Å². The number of aryl methyl sites for hydroxylation is 1. The van der Waals surface area contributed by atoms with Crippen LogP contribution in [0.25, 0.3) is 0 Å². The van der Waals surface area contributed by atoms with E-state index in [-0.39, 0.29) is 0 Å². The summed E-state index contributed by atoms with van der Waals surface area (Å²) in [4.78, 5) is 0. The van der Waals surface area contributed by atoms with Crippen LogP contribution in [-0.4, -0.2) is 12.5 Å². The Bertz CT molecular complexity index is 299. The lowest BCUT2D eigenvalue weighted by atomic mass is 10.1. The molecule has 0 aromatic heterocycles. The molecule has 2 nitrogen and oxygen atoms in total. The zero-order chi connectivity index (χ0) is 9.10. The number of benzene rings is 1. The summed E-state index contributed by atoms with van der Waals surface area (Å²) in [6, 6.07) is 6.10. The van der Waals surface area contributed by atoms with Gasteiger partial charge in [0.05, 0.1) is 0 Å². The first-order chi connectivity index (χ1) is 6.40. The Morgan fingerprint density at radius 2 is 2.08 bits per heavy atom. The average molecular weight is 196 g/mol. The molecule has 70 valence electrons. The molecule has 0 aliphatic carbocycles. The zero-order valence-electron chi connectivity index (χ0n) is 7.32. The first-order valence-corrected chi connectivity index (χ1v) is 5.03. The van der Waals surface area contributed by atoms with Crippen LogP contribution in [0.4, 0.5) is 0 Å². The Morgan fingerprint density at radius 1 is 1.23 bits per heavy atom. The van der Waals surface area contributed by atoms with Gasteiger partial charge in [-0.25, -0.2) is 0 Å². The van der Waals surface area contributed by atoms with Crippen molar-refractivity contribution in [2.45, 2.75) is 12.8 Å². The predicted octanol–water partition coefficient (Wildman–Crippen LogP) is 2.28. The third kappa shape index (κ3) is 1.91. The van der Waals surface area contributed by atoms with Gasteiger partial charge < -0.3 is 9.47 Å². The van der Waals surface area contributed by atoms with E-state index in [0.717, 1.165) is 30.1 Å². The minimum absolute atomic E-state index is 0.353. The molecule has 1 heterocycles. The lowest BCUT2D eigenvalue weighted by Crippen LogP contribution is -1.93. The Hall–Kier alpha value is -0.830. The van der Waals surface area contributed by atoms with Crippen molar-refractivity contribution in [1.82, 2.24) is 0 Å². The van der Waals surface area contributed by atoms with Crippen LogP contribution in [0.15, 0.2) is 18.2 Å². The van der Waals surface area contributed by atoms with E-state index >= 15 is 0 Å². The molecule has 0 spiro atoms. The van der Waals surface area contributed by atoms with Crippen molar-refractivity contribution in [3.8, 4) is 11.5 Å². The molecule has 13 heavy (non-hydrogen) atoms. The van der Waals surface area contributed by atoms with Crippen LogP contribution in [0.1, 0.15) is 12.0 Å². The standard InChI is InChI=1S/C10H12O2S/c13-5-1-2-8-3-4-9-10(6-8)12-7-11-9/h3-4,6,13H,1-2,5,7H2. The van der Waals surface area contributed by atoms with E-state index < -0.39 is 0 Å². The molecule has 0 fully saturated rings. The van der Waals surface area contributed by atoms with E-state index in [1.807, 2.05) is 12.1 Å². The van der Waals surface area contributed by atoms with E-state index in [9.17, 15) is 0 Å². The van der Waals surface area contributed by atoms with Gasteiger partial charge in [-0.05, 0) is 36.3 Å². The van der Waals surface area contributed by atoms with Gasteiger partial charge >= 0.3 is 0 Å². The molecule has 3 heteroatoms. The molecular formula is C10H12O2S. The van der Waals surface area contributed by atoms with Gasteiger partial charge in [0.15, 0.2) is 11.5 Å². The summed E-state index contributed by atoms with van der Waals surface area (Å²) in [6.45, 7) is 0.353. The summed E-state index contributed by atoms with van der Waals surface area (Å²) < 4.78 is 10.5. The predicted molar refractivity (Wildman–Crippen MR) is 54.7 cm³/mol. The fourth-order valence-corrected chi connectivity index (χ4v) is 1.54. The highest BCUT2D eigenvalue weighted by Crippen LogP contribution is 2.32. The van der Waals surface area contributed by atoms with Gasteiger partial charge in [-0.2, -0.15) is 12.6 Å². The molecule has 0 N–H and O–H groups in total. The molecule has 0 atom stereocenters. The maximum Gasteiger partial charge on any atom is 0.231 e. The normalized spacial score (nSPS) is 13.3. The third-order valence-electron chi connectivity index (χ3n) is 2.06. The highest BCUT2D eigenvalue weighted by Gasteiger charge is 2.12. The van der Waals surface area contributed by atoms with Gasteiger partial charge in [-0.15, -0.1) is 0 Å². The van der Waals surface area contributed by atoms with Crippen molar-refractivity contribution >= 4 is 12.6 Å². The van der Waals surface area contributed by atoms with Crippen LogP contribution < -0.4 is 9.47 Å². The number of hydrogen-bond acceptors (Lipinski definition) is 3. The van der Waals surface area contributed by atoms with Gasteiger partial charge in [0.2, 0.25) is 6.79 Å². The van der Waals surface area contributed by atoms with Crippen LogP contribution >= 0.6 is 12.6 Å². The fraction of sp³-hybridized carbons (Fsp3) is 0.400. The highest BCUT2D eigenvalue weighted by atomic mass is 32.1. The molecule has 2 rings (SSSR count). The quantitative estimate of drug-likeness (QED) is 0.748. The number of hydrogen-bond donors (Lipinski definition) is 1. The van der Waals surface area contributed by atoms with Gasteiger partial charge in [0, 0.05) is 0 Å². The van der Waals surface area contributed by atoms with Gasteiger partial charge in [-0.3, -0.25) is 0 Å². The second-order valence-electron chi connectivity index (χ2n) is 3.01. The second kappa shape index (κ2) is 3.92. The molecule has 1 aromatic carbocycles. The number of rotatable bonds is 3. The van der Waals surface area contributed by atoms with E-state index in [4.69, 9.17) is 9.47 Å². The summed E-state index contributed by atoms with van der Waals surface area (Å²) in [5, 5.41) is 0. The molecule has 0 amide bonds. The fourth-order valence-electron chi connectivity index (χ4n) is 1.38. The molecule has 0 bridgehead atoms. The molecule has 1 aromatic rings. The molecule has 1 aliphatic heterocycles. The smallest absolute Gasteiger partial charge is 0.231 e. The highest BCUT2D eigenvalue weighted by molar-refractivity contribution is 7.80. The number of fused-ring (bicyclic) bond motifs is 1. The summed E-state index contributed by atoms with van der Waals surface area (Å²) in [5.41, 5.74) is 1.29. The van der Waals surface area contributed by atoms with E-state index in [0.29, 0.717) is 6.79 Å². The molecule has 0 saturated heterocycles. The van der Waals surface area contributed by atoms with Crippen LogP contribution in [0.5, 0.6) is 11.5 Å². The maximum absolute atomic E-state index is 5.28. The lowest BCUT2D eigenvalue weighted by molar-refractivity contribution is 0.174. The summed E-state index contributed by atoms with van der Waals surface area (Å²) in [6.07, 6.45) is 2.16. The van der Waals surface area contributed by atoms with Gasteiger partial charge in [-0.1, -0.05) is 6.07 Å². The van der Waals surface area contributed by atoms with E-state index in [1.54, 1.807) is 0 Å². The first kappa shape index (κ1) is 8.75. The average Bonchev–Trinajstić information content (AvgIpc) is 2.61. The minimum atomic E-state index is 0.353. The van der Waals surface area contributed by atoms with Gasteiger partial charge in [0.1, 0.15) is 0 Å². The lowest BCUT2D eigenvalue weighted by Gasteiger charge is -2.00. The summed E-state index contributed by atoms with van der Waals surface area (Å²) >= 11 is 4.18. The SMILES string of the molecule is SCCCc1ccc2c(c1)OCO2. The third-order valence-corrected chi connectivity index (χ3v) is 2.38. The Morgan fingerprint density at radius 3 is 2.92 bits per heavy atom. The van der Waals surface area contributed by atoms with Crippen molar-refractivity contribution in [2.75, 3.05) is 12.5 Å². The number of thiol groups is 1. The van der Waals surface area contributed by atoms with Crippen molar-refractivity contribution < 1.29 is 9.47 Å². The topological polar surface area (TPSA) is 18.5 Å². The molecule has 0 saturated carbocycles. The van der Waals surface area contributed by atoms with Crippen molar-refractivity contribution in [3.05, 3.63) is 23.8 Å². The Balaban J connectivity index is 2.12. The van der Waals surface area contributed by atoms with E-state index in [2.05, 4.69) is 18.7 Å². The van der Waals surface area contributed by atoms with E-state index in [1.165, 1.54) is 5.56 Å².